The fourth-order valence-electron chi connectivity index (χ4n) is 2.21. The Kier molecular flexibility index (Phi) is 2.85. The van der Waals surface area contributed by atoms with Crippen LogP contribution in [0.4, 0.5) is 0 Å². The van der Waals surface area contributed by atoms with Crippen LogP contribution >= 0.6 is 0 Å². The molecule has 0 aromatic carbocycles. The molecule has 2 rings (SSSR count). The number of hydroxylamine groups is 1. The van der Waals surface area contributed by atoms with Crippen LogP contribution in [0, 0.1) is 5.41 Å². The van der Waals surface area contributed by atoms with Gasteiger partial charge in [-0.2, -0.15) is 4.28 Å². The van der Waals surface area contributed by atoms with Crippen LogP contribution in [0.1, 0.15) is 32.1 Å². The summed E-state index contributed by atoms with van der Waals surface area (Å²) in [6, 6.07) is 0. The highest BCUT2D eigenvalue weighted by molar-refractivity contribution is 7.79. The third-order valence-corrected chi connectivity index (χ3v) is 3.65. The molecule has 0 aromatic rings. The number of amidine groups is 1. The highest BCUT2D eigenvalue weighted by Crippen LogP contribution is 2.40. The lowest BCUT2D eigenvalue weighted by molar-refractivity contribution is 0.279. The molecule has 14 heavy (non-hydrogen) atoms. The predicted octanol–water partition coefficient (Wildman–Crippen LogP) is 0.408. The molecule has 1 aliphatic carbocycles. The Morgan fingerprint density at radius 1 is 1.57 bits per heavy atom. The number of nitrogens with two attached hydrogens (primary N) is 1. The first-order chi connectivity index (χ1) is 6.74. The highest BCUT2D eigenvalue weighted by atomic mass is 32.2. The summed E-state index contributed by atoms with van der Waals surface area (Å²) in [5.74, 6) is 0.677. The Morgan fingerprint density at radius 3 is 2.79 bits per heavy atom. The SMILES string of the molecule is NCC1(CC2=NS(=O)ON2)CCCC1. The van der Waals surface area contributed by atoms with Gasteiger partial charge in [0.1, 0.15) is 5.84 Å². The van der Waals surface area contributed by atoms with E-state index in [-0.39, 0.29) is 5.41 Å². The average Bonchev–Trinajstić information content (AvgIpc) is 2.77. The molecule has 80 valence electrons. The van der Waals surface area contributed by atoms with Crippen molar-refractivity contribution in [1.29, 1.82) is 0 Å². The number of hydrogen-bond donors (Lipinski definition) is 2. The van der Waals surface area contributed by atoms with Gasteiger partial charge in [-0.3, -0.25) is 0 Å². The van der Waals surface area contributed by atoms with Gasteiger partial charge in [-0.05, 0) is 24.8 Å². The molecule has 0 saturated heterocycles. The fourth-order valence-corrected chi connectivity index (χ4v) is 2.70. The summed E-state index contributed by atoms with van der Waals surface area (Å²) in [5.41, 5.74) is 8.53. The Bertz CT molecular complexity index is 274. The highest BCUT2D eigenvalue weighted by Gasteiger charge is 2.35. The van der Waals surface area contributed by atoms with Gasteiger partial charge in [0, 0.05) is 6.42 Å². The topological polar surface area (TPSA) is 76.7 Å². The van der Waals surface area contributed by atoms with Crippen LogP contribution in [0.15, 0.2) is 4.40 Å². The minimum Gasteiger partial charge on any atom is -0.330 e. The maximum Gasteiger partial charge on any atom is 0.309 e. The molecule has 0 amide bonds. The summed E-state index contributed by atoms with van der Waals surface area (Å²) in [5, 5.41) is 0. The molecular formula is C8H15N3O2S. The molecule has 0 bridgehead atoms. The molecule has 3 N–H and O–H groups in total. The Hall–Kier alpha value is -0.460. The number of hydrogen-bond acceptors (Lipinski definition) is 4. The molecule has 6 heteroatoms. The van der Waals surface area contributed by atoms with Crippen molar-refractivity contribution in [3.63, 3.8) is 0 Å². The van der Waals surface area contributed by atoms with Crippen LogP contribution in [-0.4, -0.2) is 16.6 Å². The normalized spacial score (nSPS) is 30.1. The zero-order chi connectivity index (χ0) is 10.0. The van der Waals surface area contributed by atoms with E-state index in [1.807, 2.05) is 0 Å². The summed E-state index contributed by atoms with van der Waals surface area (Å²) in [7, 11) is 0. The average molecular weight is 217 g/mol. The molecule has 0 aromatic heterocycles. The van der Waals surface area contributed by atoms with E-state index in [4.69, 9.17) is 5.73 Å². The molecule has 1 saturated carbocycles. The molecule has 0 radical (unpaired) electrons. The Balaban J connectivity index is 2.01. The van der Waals surface area contributed by atoms with Gasteiger partial charge in [0.2, 0.25) is 0 Å². The minimum atomic E-state index is -1.54. The second-order valence-corrected chi connectivity index (χ2v) is 4.81. The van der Waals surface area contributed by atoms with E-state index in [2.05, 4.69) is 14.2 Å². The maximum atomic E-state index is 10.8. The van der Waals surface area contributed by atoms with Gasteiger partial charge >= 0.3 is 11.3 Å². The van der Waals surface area contributed by atoms with Crippen LogP contribution in [-0.2, 0) is 15.6 Å². The molecule has 1 heterocycles. The molecule has 1 unspecified atom stereocenters. The summed E-state index contributed by atoms with van der Waals surface area (Å²) in [6.07, 6.45) is 5.49. The third-order valence-electron chi connectivity index (χ3n) is 3.06. The molecule has 1 fully saturated rings. The van der Waals surface area contributed by atoms with Gasteiger partial charge in [-0.15, -0.1) is 4.40 Å². The summed E-state index contributed by atoms with van der Waals surface area (Å²) >= 11 is -1.54. The minimum absolute atomic E-state index is 0.156. The van der Waals surface area contributed by atoms with Crippen LogP contribution in [0.5, 0.6) is 0 Å². The van der Waals surface area contributed by atoms with Crippen LogP contribution in [0.25, 0.3) is 0 Å². The van der Waals surface area contributed by atoms with Crippen molar-refractivity contribution in [1.82, 2.24) is 5.48 Å². The quantitative estimate of drug-likeness (QED) is 0.717. The van der Waals surface area contributed by atoms with Crippen molar-refractivity contribution in [2.24, 2.45) is 15.5 Å². The number of nitrogens with one attached hydrogen (secondary N) is 1. The Morgan fingerprint density at radius 2 is 2.29 bits per heavy atom. The standard InChI is InChI=1S/C8H15N3O2S/c9-6-8(3-1-2-4-8)5-7-10-13-14(12)11-7/h1-6,9H2,(H,10,11). The zero-order valence-electron chi connectivity index (χ0n) is 7.99. The second-order valence-electron chi connectivity index (χ2n) is 4.03. The number of nitrogens with zero attached hydrogens (tertiary/aromatic N) is 1. The van der Waals surface area contributed by atoms with E-state index >= 15 is 0 Å². The van der Waals surface area contributed by atoms with Crippen molar-refractivity contribution in [3.05, 3.63) is 0 Å². The molecular weight excluding hydrogens is 202 g/mol. The van der Waals surface area contributed by atoms with E-state index in [1.165, 1.54) is 12.8 Å². The van der Waals surface area contributed by atoms with Gasteiger partial charge in [0.05, 0.1) is 0 Å². The lowest BCUT2D eigenvalue weighted by atomic mass is 9.82. The summed E-state index contributed by atoms with van der Waals surface area (Å²) < 4.78 is 19.3. The molecule has 1 atom stereocenters. The van der Waals surface area contributed by atoms with Gasteiger partial charge < -0.3 is 5.73 Å². The van der Waals surface area contributed by atoms with Crippen molar-refractivity contribution in [3.8, 4) is 0 Å². The van der Waals surface area contributed by atoms with Gasteiger partial charge in [0.15, 0.2) is 0 Å². The summed E-state index contributed by atoms with van der Waals surface area (Å²) in [6.45, 7) is 0.667. The largest absolute Gasteiger partial charge is 0.330 e. The van der Waals surface area contributed by atoms with E-state index in [1.54, 1.807) is 0 Å². The van der Waals surface area contributed by atoms with E-state index in [0.717, 1.165) is 19.3 Å². The monoisotopic (exact) mass is 217 g/mol. The van der Waals surface area contributed by atoms with Crippen molar-refractivity contribution in [2.75, 3.05) is 6.54 Å². The van der Waals surface area contributed by atoms with Crippen molar-refractivity contribution < 1.29 is 8.49 Å². The maximum absolute atomic E-state index is 10.8. The van der Waals surface area contributed by atoms with E-state index < -0.39 is 11.3 Å². The smallest absolute Gasteiger partial charge is 0.309 e. The van der Waals surface area contributed by atoms with Crippen LogP contribution in [0.3, 0.4) is 0 Å². The third kappa shape index (κ3) is 1.97. The zero-order valence-corrected chi connectivity index (χ0v) is 8.81. The van der Waals surface area contributed by atoms with Gasteiger partial charge in [-0.1, -0.05) is 12.8 Å². The predicted molar refractivity (Wildman–Crippen MR) is 54.4 cm³/mol. The first kappa shape index (κ1) is 10.1. The van der Waals surface area contributed by atoms with Gasteiger partial charge in [-0.25, -0.2) is 9.69 Å². The van der Waals surface area contributed by atoms with Crippen molar-refractivity contribution >= 4 is 17.1 Å². The molecule has 0 spiro atoms. The second kappa shape index (κ2) is 3.96. The lowest BCUT2D eigenvalue weighted by Crippen LogP contribution is -2.33. The van der Waals surface area contributed by atoms with Gasteiger partial charge in [0.25, 0.3) is 0 Å². The number of rotatable bonds is 3. The van der Waals surface area contributed by atoms with E-state index in [0.29, 0.717) is 12.4 Å². The lowest BCUT2D eigenvalue weighted by Gasteiger charge is -2.26. The first-order valence-electron chi connectivity index (χ1n) is 4.87. The summed E-state index contributed by atoms with van der Waals surface area (Å²) in [4.78, 5) is 0. The van der Waals surface area contributed by atoms with Crippen molar-refractivity contribution in [2.45, 2.75) is 32.1 Å². The van der Waals surface area contributed by atoms with E-state index in [9.17, 15) is 4.21 Å². The fraction of sp³-hybridized carbons (Fsp3) is 0.875. The molecule has 5 nitrogen and oxygen atoms in total. The molecule has 2 aliphatic rings. The van der Waals surface area contributed by atoms with Crippen LogP contribution < -0.4 is 11.2 Å². The first-order valence-corrected chi connectivity index (χ1v) is 5.90. The Labute approximate surface area is 85.9 Å². The van der Waals surface area contributed by atoms with Crippen LogP contribution in [0.2, 0.25) is 0 Å². The molecule has 1 aliphatic heterocycles.